The molecule has 2 rings (SSSR count). The molecule has 20 heavy (non-hydrogen) atoms. The van der Waals surface area contributed by atoms with Crippen LogP contribution in [0.25, 0.3) is 0 Å². The van der Waals surface area contributed by atoms with Crippen LogP contribution in [0, 0.1) is 0 Å². The van der Waals surface area contributed by atoms with Gasteiger partial charge in [0, 0.05) is 11.9 Å². The molecule has 1 aromatic heterocycles. The topological polar surface area (TPSA) is 112 Å². The summed E-state index contributed by atoms with van der Waals surface area (Å²) in [5.41, 5.74) is 0.466. The van der Waals surface area contributed by atoms with Crippen molar-refractivity contribution in [2.45, 2.75) is 0 Å². The molecule has 0 bridgehead atoms. The number of nitrogens with one attached hydrogen (secondary N) is 2. The number of benzene rings is 1. The summed E-state index contributed by atoms with van der Waals surface area (Å²) in [6.07, 6.45) is 3.04. The van der Waals surface area contributed by atoms with E-state index in [2.05, 4.69) is 15.6 Å². The Labute approximate surface area is 113 Å². The van der Waals surface area contributed by atoms with Gasteiger partial charge in [-0.3, -0.25) is 4.98 Å². The predicted molar refractivity (Wildman–Crippen MR) is 71.9 cm³/mol. The lowest BCUT2D eigenvalue weighted by atomic mass is 10.2. The Balaban J connectivity index is 2.08. The number of urea groups is 1. The minimum atomic E-state index is -1.28. The number of pyridine rings is 1. The van der Waals surface area contributed by atoms with Crippen LogP contribution >= 0.6 is 0 Å². The highest BCUT2D eigenvalue weighted by atomic mass is 16.4. The molecule has 0 aliphatic heterocycles. The van der Waals surface area contributed by atoms with Crippen LogP contribution in [0.15, 0.2) is 42.7 Å². The number of carboxylic acid groups (broad SMARTS) is 1. The van der Waals surface area contributed by atoms with E-state index in [1.807, 2.05) is 0 Å². The number of amides is 2. The van der Waals surface area contributed by atoms with Gasteiger partial charge in [0.25, 0.3) is 0 Å². The number of rotatable bonds is 3. The predicted octanol–water partition coefficient (Wildman–Crippen LogP) is 2.13. The maximum atomic E-state index is 11.7. The number of aromatic carboxylic acids is 1. The molecular formula is C13H11N3O4. The number of carbonyl (C=O) groups is 2. The third-order valence-corrected chi connectivity index (χ3v) is 2.40. The standard InChI is InChI=1S/C13H11N3O4/c17-11-4-3-8(6-10(11)12(18)19)15-13(20)16-9-2-1-5-14-7-9/h1-7,17H,(H,18,19)(H2,15,16,20). The van der Waals surface area contributed by atoms with E-state index in [0.29, 0.717) is 5.69 Å². The van der Waals surface area contributed by atoms with Crippen molar-refractivity contribution in [3.05, 3.63) is 48.3 Å². The Bertz CT molecular complexity index is 643. The monoisotopic (exact) mass is 273 g/mol. The summed E-state index contributed by atoms with van der Waals surface area (Å²) in [5.74, 6) is -1.64. The van der Waals surface area contributed by atoms with Gasteiger partial charge >= 0.3 is 12.0 Å². The molecule has 0 saturated heterocycles. The van der Waals surface area contributed by atoms with Gasteiger partial charge in [-0.15, -0.1) is 0 Å². The first-order valence-corrected chi connectivity index (χ1v) is 5.60. The van der Waals surface area contributed by atoms with Gasteiger partial charge in [0.15, 0.2) is 0 Å². The second kappa shape index (κ2) is 5.70. The van der Waals surface area contributed by atoms with Gasteiger partial charge in [-0.05, 0) is 30.3 Å². The second-order valence-electron chi connectivity index (χ2n) is 3.86. The maximum Gasteiger partial charge on any atom is 0.339 e. The largest absolute Gasteiger partial charge is 0.507 e. The molecule has 0 fully saturated rings. The summed E-state index contributed by atoms with van der Waals surface area (Å²) in [6, 6.07) is 6.54. The lowest BCUT2D eigenvalue weighted by molar-refractivity contribution is 0.0693. The van der Waals surface area contributed by atoms with Crippen LogP contribution in [0.3, 0.4) is 0 Å². The molecule has 0 aliphatic rings. The molecule has 0 saturated carbocycles. The molecule has 0 aliphatic carbocycles. The van der Waals surface area contributed by atoms with Gasteiger partial charge in [0.2, 0.25) is 0 Å². The lowest BCUT2D eigenvalue weighted by Crippen LogP contribution is -2.19. The van der Waals surface area contributed by atoms with Crippen molar-refractivity contribution < 1.29 is 19.8 Å². The molecule has 7 heteroatoms. The van der Waals surface area contributed by atoms with Crippen LogP contribution in [-0.2, 0) is 0 Å². The van der Waals surface area contributed by atoms with Crippen LogP contribution < -0.4 is 10.6 Å². The molecule has 102 valence electrons. The van der Waals surface area contributed by atoms with Gasteiger partial charge < -0.3 is 20.8 Å². The Kier molecular flexibility index (Phi) is 3.80. The summed E-state index contributed by atoms with van der Waals surface area (Å²) in [5, 5.41) is 23.2. The van der Waals surface area contributed by atoms with Crippen molar-refractivity contribution in [1.29, 1.82) is 0 Å². The molecule has 2 amide bonds. The lowest BCUT2D eigenvalue weighted by Gasteiger charge is -2.08. The van der Waals surface area contributed by atoms with Crippen LogP contribution in [-0.4, -0.2) is 27.2 Å². The summed E-state index contributed by atoms with van der Waals surface area (Å²) >= 11 is 0. The molecule has 1 aromatic carbocycles. The number of aromatic hydroxyl groups is 1. The number of carboxylic acids is 1. The first-order chi connectivity index (χ1) is 9.56. The zero-order valence-electron chi connectivity index (χ0n) is 10.2. The van der Waals surface area contributed by atoms with Crippen molar-refractivity contribution in [1.82, 2.24) is 4.98 Å². The number of hydrogen-bond donors (Lipinski definition) is 4. The summed E-state index contributed by atoms with van der Waals surface area (Å²) in [6.45, 7) is 0. The van der Waals surface area contributed by atoms with E-state index in [1.165, 1.54) is 24.4 Å². The van der Waals surface area contributed by atoms with Crippen LogP contribution in [0.5, 0.6) is 5.75 Å². The van der Waals surface area contributed by atoms with Gasteiger partial charge in [0.1, 0.15) is 11.3 Å². The highest BCUT2D eigenvalue weighted by molar-refractivity contribution is 6.01. The average molecular weight is 273 g/mol. The zero-order valence-corrected chi connectivity index (χ0v) is 10.2. The quantitative estimate of drug-likeness (QED) is 0.640. The molecule has 1 heterocycles. The molecule has 2 aromatic rings. The smallest absolute Gasteiger partial charge is 0.339 e. The Morgan fingerprint density at radius 3 is 2.50 bits per heavy atom. The molecular weight excluding hydrogens is 262 g/mol. The molecule has 0 spiro atoms. The van der Waals surface area contributed by atoms with E-state index >= 15 is 0 Å². The Hall–Kier alpha value is -3.09. The van der Waals surface area contributed by atoms with E-state index in [0.717, 1.165) is 0 Å². The normalized spacial score (nSPS) is 9.80. The van der Waals surface area contributed by atoms with E-state index < -0.39 is 12.0 Å². The number of carbonyl (C=O) groups excluding carboxylic acids is 1. The Morgan fingerprint density at radius 2 is 1.85 bits per heavy atom. The van der Waals surface area contributed by atoms with Gasteiger partial charge in [0.05, 0.1) is 11.9 Å². The molecule has 0 unspecified atom stereocenters. The van der Waals surface area contributed by atoms with Gasteiger partial charge in [-0.25, -0.2) is 9.59 Å². The number of aromatic nitrogens is 1. The fraction of sp³-hybridized carbons (Fsp3) is 0. The summed E-state index contributed by atoms with van der Waals surface area (Å²) in [4.78, 5) is 26.4. The summed E-state index contributed by atoms with van der Waals surface area (Å²) in [7, 11) is 0. The zero-order chi connectivity index (χ0) is 14.5. The third-order valence-electron chi connectivity index (χ3n) is 2.40. The maximum absolute atomic E-state index is 11.7. The van der Waals surface area contributed by atoms with Crippen LogP contribution in [0.4, 0.5) is 16.2 Å². The van der Waals surface area contributed by atoms with Crippen LogP contribution in [0.1, 0.15) is 10.4 Å². The van der Waals surface area contributed by atoms with E-state index in [1.54, 1.807) is 18.3 Å². The highest BCUT2D eigenvalue weighted by Gasteiger charge is 2.11. The summed E-state index contributed by atoms with van der Waals surface area (Å²) < 4.78 is 0. The third kappa shape index (κ3) is 3.22. The van der Waals surface area contributed by atoms with Crippen molar-refractivity contribution in [3.8, 4) is 5.75 Å². The minimum absolute atomic E-state index is 0.251. The fourth-order valence-electron chi connectivity index (χ4n) is 1.52. The molecule has 7 nitrogen and oxygen atoms in total. The van der Waals surface area contributed by atoms with E-state index in [-0.39, 0.29) is 17.0 Å². The number of phenols is 1. The van der Waals surface area contributed by atoms with Gasteiger partial charge in [-0.1, -0.05) is 0 Å². The van der Waals surface area contributed by atoms with Crippen molar-refractivity contribution >= 4 is 23.4 Å². The van der Waals surface area contributed by atoms with Crippen molar-refractivity contribution in [3.63, 3.8) is 0 Å². The number of hydrogen-bond acceptors (Lipinski definition) is 4. The highest BCUT2D eigenvalue weighted by Crippen LogP contribution is 2.21. The SMILES string of the molecule is O=C(Nc1cccnc1)Nc1ccc(O)c(C(=O)O)c1. The first kappa shape index (κ1) is 13.3. The molecule has 4 N–H and O–H groups in total. The van der Waals surface area contributed by atoms with Crippen LogP contribution in [0.2, 0.25) is 0 Å². The first-order valence-electron chi connectivity index (χ1n) is 5.60. The second-order valence-corrected chi connectivity index (χ2v) is 3.86. The van der Waals surface area contributed by atoms with Crippen molar-refractivity contribution in [2.24, 2.45) is 0 Å². The fourth-order valence-corrected chi connectivity index (χ4v) is 1.52. The molecule has 0 radical (unpaired) electrons. The number of anilines is 2. The minimum Gasteiger partial charge on any atom is -0.507 e. The Morgan fingerprint density at radius 1 is 1.10 bits per heavy atom. The molecule has 0 atom stereocenters. The van der Waals surface area contributed by atoms with E-state index in [9.17, 15) is 14.7 Å². The van der Waals surface area contributed by atoms with Crippen molar-refractivity contribution in [2.75, 3.05) is 10.6 Å². The average Bonchev–Trinajstić information content (AvgIpc) is 2.41. The van der Waals surface area contributed by atoms with Gasteiger partial charge in [-0.2, -0.15) is 0 Å². The number of nitrogens with zero attached hydrogens (tertiary/aromatic N) is 1. The van der Waals surface area contributed by atoms with E-state index in [4.69, 9.17) is 5.11 Å².